The van der Waals surface area contributed by atoms with Crippen LogP contribution in [0.4, 0.5) is 0 Å². The lowest BCUT2D eigenvalue weighted by Gasteiger charge is -2.47. The monoisotopic (exact) mass is 397 g/mol. The van der Waals surface area contributed by atoms with Gasteiger partial charge in [0, 0.05) is 24.1 Å². The van der Waals surface area contributed by atoms with Crippen LogP contribution in [0.2, 0.25) is 0 Å². The number of primary amides is 1. The van der Waals surface area contributed by atoms with E-state index in [0.29, 0.717) is 12.0 Å². The van der Waals surface area contributed by atoms with Gasteiger partial charge < -0.3 is 26.2 Å². The van der Waals surface area contributed by atoms with Gasteiger partial charge in [0.25, 0.3) is 0 Å². The number of carbonyl (C=O) groups excluding carboxylic acids is 1. The zero-order valence-corrected chi connectivity index (χ0v) is 17.1. The largest absolute Gasteiger partial charge is 0.508 e. The Balaban J connectivity index is 2.03. The minimum Gasteiger partial charge on any atom is -0.508 e. The minimum atomic E-state index is -0.685. The van der Waals surface area contributed by atoms with Crippen LogP contribution < -0.4 is 11.1 Å². The first-order chi connectivity index (χ1) is 13.8. The Morgan fingerprint density at radius 3 is 2.66 bits per heavy atom. The van der Waals surface area contributed by atoms with Crippen molar-refractivity contribution in [1.29, 1.82) is 0 Å². The zero-order valence-electron chi connectivity index (χ0n) is 17.1. The lowest BCUT2D eigenvalue weighted by molar-refractivity contribution is 0.0734. The number of benzene rings is 2. The van der Waals surface area contributed by atoms with Crippen LogP contribution in [0.5, 0.6) is 5.75 Å². The highest BCUT2D eigenvalue weighted by atomic mass is 16.3. The van der Waals surface area contributed by atoms with Gasteiger partial charge in [-0.25, -0.2) is 0 Å². The van der Waals surface area contributed by atoms with Gasteiger partial charge in [0.2, 0.25) is 5.91 Å². The molecule has 5 N–H and O–H groups in total. The number of aromatic hydroxyl groups is 1. The number of hydrogen-bond acceptors (Lipinski definition) is 5. The minimum absolute atomic E-state index is 0.178. The molecule has 2 aromatic carbocycles. The van der Waals surface area contributed by atoms with E-state index < -0.39 is 12.0 Å². The number of piperidine rings is 1. The molecule has 0 saturated carbocycles. The Bertz CT molecular complexity index is 838. The van der Waals surface area contributed by atoms with Crippen molar-refractivity contribution < 1.29 is 15.0 Å². The molecule has 29 heavy (non-hydrogen) atoms. The third kappa shape index (κ3) is 4.78. The summed E-state index contributed by atoms with van der Waals surface area (Å²) in [5.74, 6) is -0.0162. The van der Waals surface area contributed by atoms with Crippen LogP contribution in [0.15, 0.2) is 48.5 Å². The van der Waals surface area contributed by atoms with E-state index in [1.807, 2.05) is 18.2 Å². The third-order valence-corrected chi connectivity index (χ3v) is 6.06. The Kier molecular flexibility index (Phi) is 6.57. The maximum atomic E-state index is 11.8. The summed E-state index contributed by atoms with van der Waals surface area (Å²) in [5, 5.41) is 24.2. The second-order valence-electron chi connectivity index (χ2n) is 8.33. The molecule has 156 valence electrons. The molecule has 0 aromatic heterocycles. The fourth-order valence-corrected chi connectivity index (χ4v) is 4.58. The number of rotatable bonds is 7. The summed E-state index contributed by atoms with van der Waals surface area (Å²) in [5.41, 5.74) is 7.54. The van der Waals surface area contributed by atoms with Crippen molar-refractivity contribution in [2.75, 3.05) is 33.7 Å². The van der Waals surface area contributed by atoms with Crippen molar-refractivity contribution in [3.8, 4) is 5.75 Å². The fourth-order valence-electron chi connectivity index (χ4n) is 4.58. The van der Waals surface area contributed by atoms with Gasteiger partial charge in [0.15, 0.2) is 0 Å². The standard InChI is InChI=1S/C23H31N3O3/c1-26(2)15-19-14-25-11-10-23(19,18-5-3-4-17(12-18)22(24)29)13-21(28)16-6-8-20(27)9-7-16/h3-9,12,19,21,25,27-28H,10-11,13-15H2,1-2H3,(H2,24,29)/t19?,21-,23?/m0/s1. The average Bonchev–Trinajstić information content (AvgIpc) is 2.69. The maximum Gasteiger partial charge on any atom is 0.248 e. The van der Waals surface area contributed by atoms with Crippen molar-refractivity contribution in [3.63, 3.8) is 0 Å². The molecule has 0 spiro atoms. The Labute approximate surface area is 172 Å². The lowest BCUT2D eigenvalue weighted by atomic mass is 9.62. The summed E-state index contributed by atoms with van der Waals surface area (Å²) in [6.45, 7) is 2.53. The second kappa shape index (κ2) is 8.95. The highest BCUT2D eigenvalue weighted by molar-refractivity contribution is 5.93. The van der Waals surface area contributed by atoms with E-state index in [1.54, 1.807) is 30.3 Å². The Morgan fingerprint density at radius 1 is 1.28 bits per heavy atom. The summed E-state index contributed by atoms with van der Waals surface area (Å²) in [6.07, 6.45) is 0.693. The van der Waals surface area contributed by atoms with Gasteiger partial charge in [-0.2, -0.15) is 0 Å². The van der Waals surface area contributed by atoms with E-state index in [0.717, 1.165) is 37.2 Å². The Morgan fingerprint density at radius 2 is 2.00 bits per heavy atom. The molecule has 1 fully saturated rings. The summed E-state index contributed by atoms with van der Waals surface area (Å²) in [4.78, 5) is 14.0. The molecule has 0 radical (unpaired) electrons. The zero-order chi connectivity index (χ0) is 21.0. The lowest BCUT2D eigenvalue weighted by Crippen LogP contribution is -2.52. The summed E-state index contributed by atoms with van der Waals surface area (Å²) < 4.78 is 0. The normalized spacial score (nSPS) is 23.1. The molecule has 1 heterocycles. The molecule has 1 aliphatic heterocycles. The highest BCUT2D eigenvalue weighted by Crippen LogP contribution is 2.45. The molecule has 2 unspecified atom stereocenters. The van der Waals surface area contributed by atoms with Crippen molar-refractivity contribution in [3.05, 3.63) is 65.2 Å². The van der Waals surface area contributed by atoms with Crippen LogP contribution in [0.1, 0.15) is 40.4 Å². The molecule has 6 heteroatoms. The number of nitrogens with zero attached hydrogens (tertiary/aromatic N) is 1. The van der Waals surface area contributed by atoms with Crippen LogP contribution >= 0.6 is 0 Å². The van der Waals surface area contributed by atoms with E-state index in [9.17, 15) is 15.0 Å². The smallest absolute Gasteiger partial charge is 0.248 e. The highest BCUT2D eigenvalue weighted by Gasteiger charge is 2.44. The number of nitrogens with one attached hydrogen (secondary N) is 1. The van der Waals surface area contributed by atoms with Gasteiger partial charge in [0.05, 0.1) is 6.10 Å². The van der Waals surface area contributed by atoms with Crippen molar-refractivity contribution in [2.24, 2.45) is 11.7 Å². The molecule has 6 nitrogen and oxygen atoms in total. The number of aliphatic hydroxyl groups is 1. The van der Waals surface area contributed by atoms with Gasteiger partial charge in [-0.15, -0.1) is 0 Å². The van der Waals surface area contributed by atoms with Crippen molar-refractivity contribution >= 4 is 5.91 Å². The van der Waals surface area contributed by atoms with E-state index in [4.69, 9.17) is 5.73 Å². The predicted molar refractivity (Wildman–Crippen MR) is 114 cm³/mol. The first-order valence-electron chi connectivity index (χ1n) is 10.0. The van der Waals surface area contributed by atoms with Crippen LogP contribution in [0.3, 0.4) is 0 Å². The fraction of sp³-hybridized carbons (Fsp3) is 0.435. The third-order valence-electron chi connectivity index (χ3n) is 6.06. The molecule has 3 rings (SSSR count). The molecule has 3 atom stereocenters. The van der Waals surface area contributed by atoms with Gasteiger partial charge in [-0.3, -0.25) is 4.79 Å². The first kappa shape index (κ1) is 21.3. The number of amides is 1. The number of hydrogen-bond donors (Lipinski definition) is 4. The quantitative estimate of drug-likeness (QED) is 0.573. The van der Waals surface area contributed by atoms with Crippen molar-refractivity contribution in [2.45, 2.75) is 24.4 Å². The van der Waals surface area contributed by atoms with Crippen molar-refractivity contribution in [1.82, 2.24) is 10.2 Å². The molecular formula is C23H31N3O3. The van der Waals surface area contributed by atoms with E-state index in [1.165, 1.54) is 0 Å². The Hall–Kier alpha value is -2.41. The molecule has 1 amide bonds. The van der Waals surface area contributed by atoms with Gasteiger partial charge in [-0.05, 0) is 74.8 Å². The number of phenols is 1. The van der Waals surface area contributed by atoms with E-state index >= 15 is 0 Å². The summed E-state index contributed by atoms with van der Waals surface area (Å²) in [7, 11) is 4.10. The van der Waals surface area contributed by atoms with Crippen LogP contribution in [-0.2, 0) is 5.41 Å². The second-order valence-corrected chi connectivity index (χ2v) is 8.33. The predicted octanol–water partition coefficient (Wildman–Crippen LogP) is 2.02. The van der Waals surface area contributed by atoms with Gasteiger partial charge in [-0.1, -0.05) is 24.3 Å². The van der Waals surface area contributed by atoms with Crippen LogP contribution in [-0.4, -0.2) is 54.7 Å². The number of aliphatic hydroxyl groups excluding tert-OH is 1. The number of carbonyl (C=O) groups is 1. The number of nitrogens with two attached hydrogens (primary N) is 1. The maximum absolute atomic E-state index is 11.8. The molecular weight excluding hydrogens is 366 g/mol. The topological polar surface area (TPSA) is 98.8 Å². The van der Waals surface area contributed by atoms with Gasteiger partial charge >= 0.3 is 0 Å². The van der Waals surface area contributed by atoms with Crippen LogP contribution in [0, 0.1) is 5.92 Å². The summed E-state index contributed by atoms with van der Waals surface area (Å²) >= 11 is 0. The van der Waals surface area contributed by atoms with E-state index in [2.05, 4.69) is 24.3 Å². The van der Waals surface area contributed by atoms with Crippen LogP contribution in [0.25, 0.3) is 0 Å². The SMILES string of the molecule is CN(C)CC1CNCCC1(C[C@H](O)c1ccc(O)cc1)c1cccc(C(N)=O)c1. The molecule has 1 saturated heterocycles. The molecule has 1 aliphatic rings. The van der Waals surface area contributed by atoms with Gasteiger partial charge in [0.1, 0.15) is 5.75 Å². The molecule has 0 bridgehead atoms. The summed E-state index contributed by atoms with van der Waals surface area (Å²) in [6, 6.07) is 14.3. The molecule has 0 aliphatic carbocycles. The number of phenolic OH excluding ortho intramolecular Hbond substituents is 1. The first-order valence-corrected chi connectivity index (χ1v) is 10.0. The molecule has 2 aromatic rings. The average molecular weight is 398 g/mol. The van der Waals surface area contributed by atoms with E-state index in [-0.39, 0.29) is 17.1 Å².